The molecule has 110 valence electrons. The maximum absolute atomic E-state index is 11.7. The first-order valence-corrected chi connectivity index (χ1v) is 9.83. The predicted octanol–water partition coefficient (Wildman–Crippen LogP) is -0.215. The van der Waals surface area contributed by atoms with E-state index in [4.69, 9.17) is 0 Å². The zero-order valence-corrected chi connectivity index (χ0v) is 12.9. The van der Waals surface area contributed by atoms with Gasteiger partial charge in [-0.1, -0.05) is 13.3 Å². The van der Waals surface area contributed by atoms with E-state index >= 15 is 0 Å². The molecule has 0 rings (SSSR count). The fraction of sp³-hybridized carbons (Fsp3) is 1.00. The summed E-state index contributed by atoms with van der Waals surface area (Å²) >= 11 is 0. The average molecular weight is 324 g/mol. The Bertz CT molecular complexity index is 585. The van der Waals surface area contributed by atoms with Crippen LogP contribution >= 0.6 is 0 Å². The molecule has 8 nitrogen and oxygen atoms in total. The van der Waals surface area contributed by atoms with Crippen LogP contribution in [0.3, 0.4) is 0 Å². The van der Waals surface area contributed by atoms with Gasteiger partial charge >= 0.3 is 10.1 Å². The zero-order valence-electron chi connectivity index (χ0n) is 10.4. The highest BCUT2D eigenvalue weighted by atomic mass is 32.3. The van der Waals surface area contributed by atoms with E-state index in [9.17, 15) is 25.3 Å². The van der Waals surface area contributed by atoms with Crippen LogP contribution < -0.4 is 0 Å². The van der Waals surface area contributed by atoms with E-state index in [-0.39, 0.29) is 12.8 Å². The van der Waals surface area contributed by atoms with Crippen molar-refractivity contribution in [1.29, 1.82) is 0 Å². The molecule has 0 saturated heterocycles. The molecule has 0 aliphatic rings. The van der Waals surface area contributed by atoms with Crippen molar-refractivity contribution in [3.05, 3.63) is 0 Å². The van der Waals surface area contributed by atoms with Gasteiger partial charge in [-0.25, -0.2) is 4.18 Å². The Hall–Kier alpha value is -0.230. The van der Waals surface area contributed by atoms with Crippen molar-refractivity contribution in [2.24, 2.45) is 0 Å². The second-order valence-corrected chi connectivity index (χ2v) is 9.20. The van der Waals surface area contributed by atoms with E-state index in [2.05, 4.69) is 7.81 Å². The summed E-state index contributed by atoms with van der Waals surface area (Å²) in [4.78, 5) is -2.28. The van der Waals surface area contributed by atoms with E-state index in [1.807, 2.05) is 0 Å². The molecule has 0 aliphatic carbocycles. The van der Waals surface area contributed by atoms with Gasteiger partial charge in [-0.05, 0) is 13.3 Å². The van der Waals surface area contributed by atoms with E-state index in [0.717, 1.165) is 6.92 Å². The Morgan fingerprint density at radius 2 is 1.39 bits per heavy atom. The van der Waals surface area contributed by atoms with Crippen LogP contribution in [0.15, 0.2) is 0 Å². The van der Waals surface area contributed by atoms with Crippen molar-refractivity contribution < 1.29 is 33.1 Å². The quantitative estimate of drug-likeness (QED) is 0.589. The first-order valence-electron chi connectivity index (χ1n) is 4.79. The van der Waals surface area contributed by atoms with E-state index < -0.39 is 35.3 Å². The first kappa shape index (κ1) is 17.8. The van der Waals surface area contributed by atoms with Crippen molar-refractivity contribution in [2.45, 2.75) is 31.6 Å². The highest BCUT2D eigenvalue weighted by molar-refractivity contribution is 8.00. The molecule has 0 saturated carbocycles. The summed E-state index contributed by atoms with van der Waals surface area (Å²) in [6.07, 6.45) is 1.21. The van der Waals surface area contributed by atoms with Gasteiger partial charge in [0.15, 0.2) is 0 Å². The van der Waals surface area contributed by atoms with Gasteiger partial charge in [-0.15, -0.1) is 3.63 Å². The normalized spacial score (nSPS) is 17.3. The molecule has 0 aromatic carbocycles. The van der Waals surface area contributed by atoms with Gasteiger partial charge in [0, 0.05) is 0 Å². The summed E-state index contributed by atoms with van der Waals surface area (Å²) < 4.78 is 75.7. The Morgan fingerprint density at radius 3 is 1.67 bits per heavy atom. The molecule has 0 aromatic rings. The Labute approximate surface area is 108 Å². The van der Waals surface area contributed by atoms with Crippen molar-refractivity contribution in [2.75, 3.05) is 12.5 Å². The molecule has 0 radical (unpaired) electrons. The Balaban J connectivity index is 5.61. The van der Waals surface area contributed by atoms with Crippen molar-refractivity contribution in [3.8, 4) is 0 Å². The fourth-order valence-electron chi connectivity index (χ4n) is 1.22. The zero-order chi connectivity index (χ0) is 14.8. The van der Waals surface area contributed by atoms with Crippen LogP contribution in [0.1, 0.15) is 26.7 Å². The standard InChI is InChI=1S/C7H16O8S3/c1-5-6-7(2,14-16(3,8)9)18(12,13)15-17(4,10)11/h5-6H2,1-4H3. The molecular weight excluding hydrogens is 308 g/mol. The maximum atomic E-state index is 11.7. The van der Waals surface area contributed by atoms with Crippen LogP contribution in [-0.2, 0) is 38.2 Å². The predicted molar refractivity (Wildman–Crippen MR) is 64.1 cm³/mol. The van der Waals surface area contributed by atoms with Crippen LogP contribution in [0.2, 0.25) is 0 Å². The molecule has 1 atom stereocenters. The fourth-order valence-corrected chi connectivity index (χ4v) is 4.98. The minimum absolute atomic E-state index is 0.238. The second kappa shape index (κ2) is 5.41. The molecule has 0 N–H and O–H groups in total. The van der Waals surface area contributed by atoms with Gasteiger partial charge in [-0.2, -0.15) is 25.3 Å². The molecule has 18 heavy (non-hydrogen) atoms. The van der Waals surface area contributed by atoms with Crippen molar-refractivity contribution >= 4 is 30.4 Å². The SMILES string of the molecule is CCCC(C)(OS(C)(=O)=O)S(=O)(=O)OS(C)(=O)=O. The van der Waals surface area contributed by atoms with Crippen LogP contribution in [-0.4, -0.2) is 42.7 Å². The van der Waals surface area contributed by atoms with Gasteiger partial charge in [-0.3, -0.25) is 0 Å². The van der Waals surface area contributed by atoms with Gasteiger partial charge in [0.1, 0.15) is 0 Å². The number of hydrogen-bond acceptors (Lipinski definition) is 8. The third-order valence-electron chi connectivity index (χ3n) is 1.77. The van der Waals surface area contributed by atoms with Crippen molar-refractivity contribution in [3.63, 3.8) is 0 Å². The smallest absolute Gasteiger partial charge is 0.245 e. The summed E-state index contributed by atoms with van der Waals surface area (Å²) in [7, 11) is -13.2. The summed E-state index contributed by atoms with van der Waals surface area (Å²) in [5.41, 5.74) is 0. The van der Waals surface area contributed by atoms with Crippen LogP contribution in [0.5, 0.6) is 0 Å². The highest BCUT2D eigenvalue weighted by Crippen LogP contribution is 2.29. The topological polar surface area (TPSA) is 121 Å². The summed E-state index contributed by atoms with van der Waals surface area (Å²) in [6.45, 7) is 2.53. The minimum atomic E-state index is -4.76. The maximum Gasteiger partial charge on any atom is 0.313 e. The Kier molecular flexibility index (Phi) is 5.34. The minimum Gasteiger partial charge on any atom is -0.245 e. The molecule has 0 amide bonds. The molecule has 0 fully saturated rings. The van der Waals surface area contributed by atoms with Crippen LogP contribution in [0.4, 0.5) is 0 Å². The molecule has 0 bridgehead atoms. The van der Waals surface area contributed by atoms with Crippen molar-refractivity contribution in [1.82, 2.24) is 0 Å². The monoisotopic (exact) mass is 324 g/mol. The lowest BCUT2D eigenvalue weighted by Crippen LogP contribution is -2.42. The molecule has 11 heteroatoms. The third kappa shape index (κ3) is 5.61. The van der Waals surface area contributed by atoms with E-state index in [1.54, 1.807) is 6.92 Å². The highest BCUT2D eigenvalue weighted by Gasteiger charge is 2.46. The summed E-state index contributed by atoms with van der Waals surface area (Å²) in [6, 6.07) is 0. The lowest BCUT2D eigenvalue weighted by Gasteiger charge is -2.26. The van der Waals surface area contributed by atoms with Gasteiger partial charge in [0.05, 0.1) is 12.5 Å². The van der Waals surface area contributed by atoms with Crippen LogP contribution in [0.25, 0.3) is 0 Å². The largest absolute Gasteiger partial charge is 0.313 e. The van der Waals surface area contributed by atoms with Gasteiger partial charge in [0.2, 0.25) is 4.93 Å². The number of rotatable bonds is 7. The average Bonchev–Trinajstić information content (AvgIpc) is 1.94. The lowest BCUT2D eigenvalue weighted by atomic mass is 10.2. The molecule has 1 unspecified atom stereocenters. The Morgan fingerprint density at radius 1 is 0.944 bits per heavy atom. The molecular formula is C7H16O8S3. The summed E-state index contributed by atoms with van der Waals surface area (Å²) in [5.74, 6) is 0. The second-order valence-electron chi connectivity index (χ2n) is 3.90. The number of hydrogen-bond donors (Lipinski definition) is 0. The molecule has 0 heterocycles. The first-order chi connectivity index (χ1) is 7.72. The van der Waals surface area contributed by atoms with Gasteiger partial charge < -0.3 is 0 Å². The summed E-state index contributed by atoms with van der Waals surface area (Å²) in [5, 5.41) is 0. The molecule has 0 spiro atoms. The van der Waals surface area contributed by atoms with E-state index in [0.29, 0.717) is 12.5 Å². The van der Waals surface area contributed by atoms with Crippen LogP contribution in [0, 0.1) is 0 Å². The van der Waals surface area contributed by atoms with Gasteiger partial charge in [0.25, 0.3) is 20.2 Å². The van der Waals surface area contributed by atoms with E-state index in [1.165, 1.54) is 0 Å². The molecule has 0 aromatic heterocycles. The molecule has 0 aliphatic heterocycles. The third-order valence-corrected chi connectivity index (χ3v) is 5.60. The lowest BCUT2D eigenvalue weighted by molar-refractivity contribution is 0.159.